The van der Waals surface area contributed by atoms with Gasteiger partial charge in [-0.05, 0) is 24.1 Å². The summed E-state index contributed by atoms with van der Waals surface area (Å²) in [5.74, 6) is 0.803. The number of aromatic nitrogens is 3. The van der Waals surface area contributed by atoms with Gasteiger partial charge in [0.1, 0.15) is 5.82 Å². The van der Waals surface area contributed by atoms with Gasteiger partial charge in [-0.3, -0.25) is 4.79 Å². The number of para-hydroxylation sites is 1. The molecule has 0 bridgehead atoms. The first kappa shape index (κ1) is 20.9. The van der Waals surface area contributed by atoms with Crippen LogP contribution >= 0.6 is 11.8 Å². The van der Waals surface area contributed by atoms with E-state index in [1.807, 2.05) is 91.3 Å². The van der Waals surface area contributed by atoms with Crippen LogP contribution in [0.1, 0.15) is 18.3 Å². The van der Waals surface area contributed by atoms with Gasteiger partial charge < -0.3 is 9.88 Å². The molecule has 0 fully saturated rings. The highest BCUT2D eigenvalue weighted by molar-refractivity contribution is 8.00. The minimum absolute atomic E-state index is 0.0685. The van der Waals surface area contributed by atoms with Crippen LogP contribution in [0.2, 0.25) is 0 Å². The van der Waals surface area contributed by atoms with Crippen LogP contribution < -0.4 is 5.32 Å². The molecule has 6 heteroatoms. The number of hydrogen-bond acceptors (Lipinski definition) is 4. The predicted octanol–water partition coefficient (Wildman–Crippen LogP) is 5.19. The van der Waals surface area contributed by atoms with E-state index in [0.29, 0.717) is 6.42 Å². The number of nitrogens with one attached hydrogen (secondary N) is 1. The zero-order chi connectivity index (χ0) is 21.6. The Balaban J connectivity index is 1.45. The highest BCUT2D eigenvalue weighted by Gasteiger charge is 2.20. The van der Waals surface area contributed by atoms with Crippen molar-refractivity contribution in [1.82, 2.24) is 14.8 Å². The van der Waals surface area contributed by atoms with Gasteiger partial charge in [-0.15, -0.1) is 10.2 Å². The van der Waals surface area contributed by atoms with Gasteiger partial charge in [0.05, 0.1) is 5.25 Å². The van der Waals surface area contributed by atoms with Gasteiger partial charge in [-0.2, -0.15) is 0 Å². The first-order chi connectivity index (χ1) is 15.1. The Hall–Kier alpha value is -3.38. The van der Waals surface area contributed by atoms with E-state index in [2.05, 4.69) is 27.6 Å². The van der Waals surface area contributed by atoms with Crippen molar-refractivity contribution in [2.24, 2.45) is 7.05 Å². The Kier molecular flexibility index (Phi) is 6.48. The van der Waals surface area contributed by atoms with E-state index in [4.69, 9.17) is 0 Å². The first-order valence-corrected chi connectivity index (χ1v) is 11.0. The Morgan fingerprint density at radius 2 is 1.58 bits per heavy atom. The number of carbonyl (C=O) groups is 1. The van der Waals surface area contributed by atoms with Crippen molar-refractivity contribution in [3.63, 3.8) is 0 Å². The van der Waals surface area contributed by atoms with Gasteiger partial charge in [-0.25, -0.2) is 0 Å². The molecule has 1 atom stereocenters. The molecule has 1 amide bonds. The van der Waals surface area contributed by atoms with E-state index < -0.39 is 0 Å². The van der Waals surface area contributed by atoms with Crippen LogP contribution in [0.15, 0.2) is 90.1 Å². The second kappa shape index (κ2) is 9.62. The van der Waals surface area contributed by atoms with Crippen molar-refractivity contribution in [2.75, 3.05) is 5.32 Å². The van der Waals surface area contributed by atoms with Crippen LogP contribution in [0.3, 0.4) is 0 Å². The molecule has 1 aromatic heterocycles. The summed E-state index contributed by atoms with van der Waals surface area (Å²) in [5, 5.41) is 12.1. The summed E-state index contributed by atoms with van der Waals surface area (Å²) in [7, 11) is 1.94. The Morgan fingerprint density at radius 3 is 2.32 bits per heavy atom. The topological polar surface area (TPSA) is 59.8 Å². The molecule has 3 aromatic carbocycles. The summed E-state index contributed by atoms with van der Waals surface area (Å²) in [5.41, 5.74) is 4.04. The zero-order valence-electron chi connectivity index (χ0n) is 17.5. The third kappa shape index (κ3) is 5.03. The standard InChI is InChI=1S/C25H24N4OS/c1-18(31-25-28-27-23(29(25)2)17-19-11-5-3-6-12-19)24(30)26-22-16-10-9-15-21(22)20-13-7-4-8-14-20/h3-16,18H,17H2,1-2H3,(H,26,30). The van der Waals surface area contributed by atoms with E-state index in [0.717, 1.165) is 27.8 Å². The maximum Gasteiger partial charge on any atom is 0.237 e. The summed E-state index contributed by atoms with van der Waals surface area (Å²) < 4.78 is 1.96. The number of benzene rings is 3. The molecule has 0 aliphatic heterocycles. The van der Waals surface area contributed by atoms with E-state index in [9.17, 15) is 4.79 Å². The molecular formula is C25H24N4OS. The second-order valence-corrected chi connectivity index (χ2v) is 8.59. The lowest BCUT2D eigenvalue weighted by atomic mass is 10.0. The van der Waals surface area contributed by atoms with E-state index >= 15 is 0 Å². The van der Waals surface area contributed by atoms with Crippen LogP contribution in [0, 0.1) is 0 Å². The van der Waals surface area contributed by atoms with Crippen LogP contribution in [0.5, 0.6) is 0 Å². The number of anilines is 1. The number of thioether (sulfide) groups is 1. The largest absolute Gasteiger partial charge is 0.325 e. The molecule has 4 aromatic rings. The average molecular weight is 429 g/mol. The third-order valence-electron chi connectivity index (χ3n) is 5.05. The van der Waals surface area contributed by atoms with Gasteiger partial charge in [0.15, 0.2) is 5.16 Å². The summed E-state index contributed by atoms with van der Waals surface area (Å²) in [6.45, 7) is 1.89. The van der Waals surface area contributed by atoms with Crippen molar-refractivity contribution in [3.05, 3.63) is 96.3 Å². The van der Waals surface area contributed by atoms with Crippen molar-refractivity contribution < 1.29 is 4.79 Å². The van der Waals surface area contributed by atoms with Crippen molar-refractivity contribution in [2.45, 2.75) is 23.8 Å². The fourth-order valence-corrected chi connectivity index (χ4v) is 4.12. The van der Waals surface area contributed by atoms with Crippen LogP contribution in [-0.2, 0) is 18.3 Å². The Labute approximate surface area is 186 Å². The molecule has 31 heavy (non-hydrogen) atoms. The number of amides is 1. The summed E-state index contributed by atoms with van der Waals surface area (Å²) in [6, 6.07) is 28.1. The minimum atomic E-state index is -0.323. The van der Waals surface area contributed by atoms with E-state index in [1.54, 1.807) is 0 Å². The number of hydrogen-bond donors (Lipinski definition) is 1. The average Bonchev–Trinajstić information content (AvgIpc) is 3.14. The van der Waals surface area contributed by atoms with Gasteiger partial charge in [0.2, 0.25) is 5.91 Å². The van der Waals surface area contributed by atoms with Crippen molar-refractivity contribution in [3.8, 4) is 11.1 Å². The Morgan fingerprint density at radius 1 is 0.935 bits per heavy atom. The molecule has 1 N–H and O–H groups in total. The smallest absolute Gasteiger partial charge is 0.237 e. The molecule has 0 aliphatic carbocycles. The zero-order valence-corrected chi connectivity index (χ0v) is 18.3. The number of rotatable bonds is 7. The van der Waals surface area contributed by atoms with Gasteiger partial charge in [-0.1, -0.05) is 90.6 Å². The lowest BCUT2D eigenvalue weighted by molar-refractivity contribution is -0.115. The molecule has 1 unspecified atom stereocenters. The highest BCUT2D eigenvalue weighted by atomic mass is 32.2. The molecule has 4 rings (SSSR count). The molecule has 0 aliphatic rings. The maximum absolute atomic E-state index is 12.9. The first-order valence-electron chi connectivity index (χ1n) is 10.2. The van der Waals surface area contributed by atoms with Gasteiger partial charge in [0.25, 0.3) is 0 Å². The fraction of sp³-hybridized carbons (Fsp3) is 0.160. The molecule has 1 heterocycles. The molecule has 0 saturated heterocycles. The summed E-state index contributed by atoms with van der Waals surface area (Å²) in [4.78, 5) is 12.9. The third-order valence-corrected chi connectivity index (χ3v) is 6.19. The predicted molar refractivity (Wildman–Crippen MR) is 126 cm³/mol. The van der Waals surface area contributed by atoms with Gasteiger partial charge in [0, 0.05) is 24.7 Å². The SMILES string of the molecule is CC(Sc1nnc(Cc2ccccc2)n1C)C(=O)Nc1ccccc1-c1ccccc1. The molecule has 5 nitrogen and oxygen atoms in total. The van der Waals surface area contributed by atoms with E-state index in [-0.39, 0.29) is 11.2 Å². The minimum Gasteiger partial charge on any atom is -0.325 e. The molecule has 0 saturated carbocycles. The summed E-state index contributed by atoms with van der Waals surface area (Å²) in [6.07, 6.45) is 0.704. The van der Waals surface area contributed by atoms with Crippen molar-refractivity contribution in [1.29, 1.82) is 0 Å². The molecule has 156 valence electrons. The van der Waals surface area contributed by atoms with Crippen LogP contribution in [0.4, 0.5) is 5.69 Å². The quantitative estimate of drug-likeness (QED) is 0.412. The van der Waals surface area contributed by atoms with E-state index in [1.165, 1.54) is 17.3 Å². The number of nitrogens with zero attached hydrogens (tertiary/aromatic N) is 3. The molecule has 0 radical (unpaired) electrons. The van der Waals surface area contributed by atoms with Crippen LogP contribution in [-0.4, -0.2) is 25.9 Å². The molecular weight excluding hydrogens is 404 g/mol. The molecule has 0 spiro atoms. The lowest BCUT2D eigenvalue weighted by Crippen LogP contribution is -2.23. The lowest BCUT2D eigenvalue weighted by Gasteiger charge is -2.15. The Bertz CT molecular complexity index is 1160. The summed E-state index contributed by atoms with van der Waals surface area (Å²) >= 11 is 1.41. The maximum atomic E-state index is 12.9. The normalized spacial score (nSPS) is 11.8. The fourth-order valence-electron chi connectivity index (χ4n) is 3.29. The monoisotopic (exact) mass is 428 g/mol. The number of carbonyl (C=O) groups excluding carboxylic acids is 1. The highest BCUT2D eigenvalue weighted by Crippen LogP contribution is 2.29. The van der Waals surface area contributed by atoms with Crippen LogP contribution in [0.25, 0.3) is 11.1 Å². The second-order valence-electron chi connectivity index (χ2n) is 7.28. The van der Waals surface area contributed by atoms with Crippen molar-refractivity contribution >= 4 is 23.4 Å². The van der Waals surface area contributed by atoms with Gasteiger partial charge >= 0.3 is 0 Å².